The summed E-state index contributed by atoms with van der Waals surface area (Å²) in [6.45, 7) is 2.46. The minimum Gasteiger partial charge on any atom is -0.345 e. The number of carbonyl (C=O) groups is 1. The van der Waals surface area contributed by atoms with Crippen molar-refractivity contribution < 1.29 is 4.79 Å². The molecule has 1 aromatic rings. The molecule has 0 aliphatic heterocycles. The maximum atomic E-state index is 11.9. The van der Waals surface area contributed by atoms with Gasteiger partial charge in [0.15, 0.2) is 0 Å². The second-order valence-corrected chi connectivity index (χ2v) is 4.48. The summed E-state index contributed by atoms with van der Waals surface area (Å²) in [6.07, 6.45) is 5.25. The van der Waals surface area contributed by atoms with Crippen molar-refractivity contribution in [3.63, 3.8) is 0 Å². The van der Waals surface area contributed by atoms with Gasteiger partial charge in [0, 0.05) is 6.54 Å². The van der Waals surface area contributed by atoms with E-state index in [0.717, 1.165) is 12.8 Å². The van der Waals surface area contributed by atoms with Crippen molar-refractivity contribution in [2.24, 2.45) is 11.7 Å². The van der Waals surface area contributed by atoms with E-state index in [2.05, 4.69) is 15.5 Å². The Hall–Kier alpha value is -1.49. The average Bonchev–Trinajstić information content (AvgIpc) is 3.14. The molecule has 1 atom stereocenters. The summed E-state index contributed by atoms with van der Waals surface area (Å²) < 4.78 is 0. The van der Waals surface area contributed by atoms with Crippen molar-refractivity contribution in [2.45, 2.75) is 25.3 Å². The number of nitrogens with one attached hydrogen (secondary N) is 1. The van der Waals surface area contributed by atoms with Gasteiger partial charge in [0.05, 0.1) is 23.5 Å². The van der Waals surface area contributed by atoms with Crippen molar-refractivity contribution in [3.8, 4) is 0 Å². The van der Waals surface area contributed by atoms with Gasteiger partial charge in [-0.1, -0.05) is 0 Å². The van der Waals surface area contributed by atoms with Gasteiger partial charge in [0.1, 0.15) is 0 Å². The minimum absolute atomic E-state index is 0.130. The molecule has 0 radical (unpaired) electrons. The third-order valence-electron chi connectivity index (χ3n) is 3.15. The van der Waals surface area contributed by atoms with Crippen LogP contribution in [-0.2, 0) is 0 Å². The summed E-state index contributed by atoms with van der Waals surface area (Å²) in [4.78, 5) is 11.9. The van der Waals surface area contributed by atoms with Crippen molar-refractivity contribution in [1.29, 1.82) is 0 Å². The van der Waals surface area contributed by atoms with E-state index in [0.29, 0.717) is 18.0 Å². The average molecular weight is 220 g/mol. The van der Waals surface area contributed by atoms with Crippen LogP contribution in [0.2, 0.25) is 0 Å². The van der Waals surface area contributed by atoms with E-state index in [4.69, 9.17) is 5.73 Å². The molecule has 1 fully saturated rings. The van der Waals surface area contributed by atoms with Gasteiger partial charge in [0.2, 0.25) is 0 Å². The fraction of sp³-hybridized carbons (Fsp3) is 0.545. The van der Waals surface area contributed by atoms with E-state index in [1.807, 2.05) is 6.92 Å². The first kappa shape index (κ1) is 11.0. The summed E-state index contributed by atoms with van der Waals surface area (Å²) in [5.41, 5.74) is 5.96. The molecule has 1 aliphatic rings. The second kappa shape index (κ2) is 4.17. The van der Waals surface area contributed by atoms with Gasteiger partial charge in [-0.25, -0.2) is 0 Å². The predicted molar refractivity (Wildman–Crippen MR) is 59.7 cm³/mol. The Labute approximate surface area is 94.4 Å². The highest BCUT2D eigenvalue weighted by molar-refractivity contribution is 5.94. The van der Waals surface area contributed by atoms with Crippen LogP contribution in [0.3, 0.4) is 0 Å². The molecule has 2 rings (SSSR count). The second-order valence-electron chi connectivity index (χ2n) is 4.48. The van der Waals surface area contributed by atoms with Gasteiger partial charge in [-0.05, 0) is 31.7 Å². The number of hydrogen-bond donors (Lipinski definition) is 2. The highest BCUT2D eigenvalue weighted by Gasteiger charge is 2.41. The molecule has 1 aromatic heterocycles. The summed E-state index contributed by atoms with van der Waals surface area (Å²) in [5, 5.41) is 10.3. The lowest BCUT2D eigenvalue weighted by molar-refractivity contribution is 0.0897. The van der Waals surface area contributed by atoms with Gasteiger partial charge in [-0.15, -0.1) is 0 Å². The largest absolute Gasteiger partial charge is 0.345 e. The molecule has 16 heavy (non-hydrogen) atoms. The van der Waals surface area contributed by atoms with Gasteiger partial charge in [0.25, 0.3) is 5.91 Å². The fourth-order valence-electron chi connectivity index (χ4n) is 1.80. The highest BCUT2D eigenvalue weighted by Crippen LogP contribution is 2.39. The SMILES string of the molecule is CC(CN)(NC(=O)c1ccnnc1)C1CC1. The van der Waals surface area contributed by atoms with E-state index >= 15 is 0 Å². The Morgan fingerprint density at radius 2 is 2.38 bits per heavy atom. The zero-order chi connectivity index (χ0) is 11.6. The summed E-state index contributed by atoms with van der Waals surface area (Å²) in [5.74, 6) is 0.381. The highest BCUT2D eigenvalue weighted by atomic mass is 16.1. The molecule has 1 unspecified atom stereocenters. The van der Waals surface area contributed by atoms with E-state index in [1.165, 1.54) is 12.4 Å². The Morgan fingerprint density at radius 3 is 2.88 bits per heavy atom. The maximum Gasteiger partial charge on any atom is 0.253 e. The smallest absolute Gasteiger partial charge is 0.253 e. The first-order valence-corrected chi connectivity index (χ1v) is 5.45. The Bertz CT molecular complexity index is 377. The molecule has 86 valence electrons. The van der Waals surface area contributed by atoms with Crippen molar-refractivity contribution in [1.82, 2.24) is 15.5 Å². The zero-order valence-electron chi connectivity index (χ0n) is 9.31. The molecule has 1 saturated carbocycles. The normalized spacial score (nSPS) is 18.9. The lowest BCUT2D eigenvalue weighted by atomic mass is 9.95. The molecule has 0 bridgehead atoms. The summed E-state index contributed by atoms with van der Waals surface area (Å²) in [7, 11) is 0. The Balaban J connectivity index is 2.06. The van der Waals surface area contributed by atoms with E-state index in [-0.39, 0.29) is 11.4 Å². The fourth-order valence-corrected chi connectivity index (χ4v) is 1.80. The number of hydrogen-bond acceptors (Lipinski definition) is 4. The minimum atomic E-state index is -0.291. The Morgan fingerprint density at radius 1 is 1.62 bits per heavy atom. The van der Waals surface area contributed by atoms with E-state index in [9.17, 15) is 4.79 Å². The molecule has 5 nitrogen and oxygen atoms in total. The number of carbonyl (C=O) groups excluding carboxylic acids is 1. The monoisotopic (exact) mass is 220 g/mol. The topological polar surface area (TPSA) is 80.9 Å². The molecule has 3 N–H and O–H groups in total. The van der Waals surface area contributed by atoms with Crippen LogP contribution in [0.15, 0.2) is 18.5 Å². The van der Waals surface area contributed by atoms with Crippen LogP contribution >= 0.6 is 0 Å². The van der Waals surface area contributed by atoms with Crippen molar-refractivity contribution in [2.75, 3.05) is 6.54 Å². The first-order chi connectivity index (χ1) is 7.65. The molecule has 1 heterocycles. The number of rotatable bonds is 4. The summed E-state index contributed by atoms with van der Waals surface area (Å²) in [6, 6.07) is 1.65. The number of aromatic nitrogens is 2. The van der Waals surface area contributed by atoms with Gasteiger partial charge in [-0.3, -0.25) is 4.79 Å². The predicted octanol–water partition coefficient (Wildman–Crippen LogP) is 0.334. The van der Waals surface area contributed by atoms with Crippen LogP contribution in [0.4, 0.5) is 0 Å². The molecule has 0 aromatic carbocycles. The third kappa shape index (κ3) is 2.19. The van der Waals surface area contributed by atoms with Crippen LogP contribution < -0.4 is 11.1 Å². The quantitative estimate of drug-likeness (QED) is 0.766. The standard InChI is InChI=1S/C11H16N4O/c1-11(7-12,9-2-3-9)15-10(16)8-4-5-13-14-6-8/h4-6,9H,2-3,7,12H2,1H3,(H,15,16). The van der Waals surface area contributed by atoms with Gasteiger partial charge < -0.3 is 11.1 Å². The van der Waals surface area contributed by atoms with Crippen LogP contribution in [0.25, 0.3) is 0 Å². The number of amides is 1. The lowest BCUT2D eigenvalue weighted by Crippen LogP contribution is -2.53. The third-order valence-corrected chi connectivity index (χ3v) is 3.15. The van der Waals surface area contributed by atoms with Crippen molar-refractivity contribution >= 4 is 5.91 Å². The number of nitrogens with two attached hydrogens (primary N) is 1. The van der Waals surface area contributed by atoms with E-state index < -0.39 is 0 Å². The molecule has 1 amide bonds. The van der Waals surface area contributed by atoms with Crippen LogP contribution in [0.1, 0.15) is 30.1 Å². The molecular formula is C11H16N4O. The lowest BCUT2D eigenvalue weighted by Gasteiger charge is -2.29. The zero-order valence-corrected chi connectivity index (χ0v) is 9.31. The van der Waals surface area contributed by atoms with Crippen molar-refractivity contribution in [3.05, 3.63) is 24.0 Å². The van der Waals surface area contributed by atoms with Crippen LogP contribution in [0, 0.1) is 5.92 Å². The van der Waals surface area contributed by atoms with Crippen LogP contribution in [-0.4, -0.2) is 28.2 Å². The van der Waals surface area contributed by atoms with Gasteiger partial charge in [-0.2, -0.15) is 10.2 Å². The first-order valence-electron chi connectivity index (χ1n) is 5.45. The summed E-state index contributed by atoms with van der Waals surface area (Å²) >= 11 is 0. The van der Waals surface area contributed by atoms with Gasteiger partial charge >= 0.3 is 0 Å². The Kier molecular flexibility index (Phi) is 2.87. The number of nitrogens with zero attached hydrogens (tertiary/aromatic N) is 2. The molecule has 0 spiro atoms. The molecule has 5 heteroatoms. The maximum absolute atomic E-state index is 11.9. The molecule has 0 saturated heterocycles. The van der Waals surface area contributed by atoms with E-state index in [1.54, 1.807) is 6.07 Å². The molecule has 1 aliphatic carbocycles. The van der Waals surface area contributed by atoms with Crippen LogP contribution in [0.5, 0.6) is 0 Å². The molecular weight excluding hydrogens is 204 g/mol.